The number of benzene rings is 1. The van der Waals surface area contributed by atoms with E-state index in [4.69, 9.17) is 0 Å². The van der Waals surface area contributed by atoms with E-state index in [0.717, 1.165) is 5.56 Å². The first kappa shape index (κ1) is 18.6. The van der Waals surface area contributed by atoms with Crippen molar-refractivity contribution < 1.29 is 31.8 Å². The molecule has 8 nitrogen and oxygen atoms in total. The highest BCUT2D eigenvalue weighted by atomic mass is 32.2. The van der Waals surface area contributed by atoms with Crippen LogP contribution < -0.4 is 0 Å². The molecule has 0 aliphatic heterocycles. The SMILES string of the molecule is CCOC(=O)C(=NOS(=O)(=O)c1ccc(C)cc1)C(=O)OCC. The predicted molar refractivity (Wildman–Crippen MR) is 80.2 cm³/mol. The molecule has 0 unspecified atom stereocenters. The second kappa shape index (κ2) is 8.28. The molecule has 0 N–H and O–H groups in total. The fraction of sp³-hybridized carbons (Fsp3) is 0.357. The molecule has 0 aliphatic rings. The lowest BCUT2D eigenvalue weighted by Crippen LogP contribution is -2.29. The molecule has 1 aromatic rings. The van der Waals surface area contributed by atoms with Gasteiger partial charge in [0.2, 0.25) is 0 Å². The van der Waals surface area contributed by atoms with Crippen molar-refractivity contribution in [1.29, 1.82) is 0 Å². The largest absolute Gasteiger partial charge is 0.461 e. The first-order valence-electron chi connectivity index (χ1n) is 6.74. The van der Waals surface area contributed by atoms with Crippen LogP contribution >= 0.6 is 0 Å². The highest BCUT2D eigenvalue weighted by Crippen LogP contribution is 2.13. The normalized spacial score (nSPS) is 10.6. The smallest absolute Gasteiger partial charge is 0.368 e. The minimum Gasteiger partial charge on any atom is -0.461 e. The van der Waals surface area contributed by atoms with Crippen LogP contribution in [0.3, 0.4) is 0 Å². The van der Waals surface area contributed by atoms with Crippen LogP contribution in [0.4, 0.5) is 0 Å². The van der Waals surface area contributed by atoms with Crippen LogP contribution in [0.5, 0.6) is 0 Å². The van der Waals surface area contributed by atoms with Gasteiger partial charge in [0, 0.05) is 0 Å². The van der Waals surface area contributed by atoms with E-state index in [1.165, 1.54) is 26.0 Å². The van der Waals surface area contributed by atoms with Crippen LogP contribution in [0.1, 0.15) is 19.4 Å². The predicted octanol–water partition coefficient (Wildman–Crippen LogP) is 1.18. The molecule has 1 aromatic carbocycles. The second-order valence-corrected chi connectivity index (χ2v) is 5.75. The average molecular weight is 343 g/mol. The molecule has 0 saturated carbocycles. The molecule has 0 fully saturated rings. The summed E-state index contributed by atoms with van der Waals surface area (Å²) in [4.78, 5) is 23.1. The molecule has 1 rings (SSSR count). The Balaban J connectivity index is 3.05. The van der Waals surface area contributed by atoms with Crippen molar-refractivity contribution in [2.75, 3.05) is 13.2 Å². The molecule has 0 atom stereocenters. The maximum absolute atomic E-state index is 12.0. The molecule has 0 radical (unpaired) electrons. The summed E-state index contributed by atoms with van der Waals surface area (Å²) in [6, 6.07) is 5.76. The topological polar surface area (TPSA) is 108 Å². The van der Waals surface area contributed by atoms with Gasteiger partial charge in [-0.1, -0.05) is 17.7 Å². The highest BCUT2D eigenvalue weighted by Gasteiger charge is 2.26. The zero-order chi connectivity index (χ0) is 17.5. The van der Waals surface area contributed by atoms with Crippen LogP contribution in [0, 0.1) is 6.92 Å². The van der Waals surface area contributed by atoms with Crippen LogP contribution in [-0.4, -0.2) is 39.3 Å². The molecule has 0 aromatic heterocycles. The third kappa shape index (κ3) is 5.37. The highest BCUT2D eigenvalue weighted by molar-refractivity contribution is 7.86. The fourth-order valence-corrected chi connectivity index (χ4v) is 2.12. The number of aryl methyl sites for hydroxylation is 1. The van der Waals surface area contributed by atoms with Crippen LogP contribution in [0.25, 0.3) is 0 Å². The molecule has 0 bridgehead atoms. The molecule has 0 amide bonds. The van der Waals surface area contributed by atoms with Gasteiger partial charge in [0.25, 0.3) is 5.71 Å². The van der Waals surface area contributed by atoms with Gasteiger partial charge in [-0.15, -0.1) is 0 Å². The third-order valence-corrected chi connectivity index (χ3v) is 3.59. The molecule has 0 spiro atoms. The van der Waals surface area contributed by atoms with Gasteiger partial charge in [-0.2, -0.15) is 8.42 Å². The van der Waals surface area contributed by atoms with Gasteiger partial charge < -0.3 is 9.47 Å². The lowest BCUT2D eigenvalue weighted by atomic mass is 10.2. The van der Waals surface area contributed by atoms with E-state index in [-0.39, 0.29) is 18.1 Å². The van der Waals surface area contributed by atoms with Crippen molar-refractivity contribution in [2.24, 2.45) is 5.16 Å². The number of hydrogen-bond acceptors (Lipinski definition) is 8. The van der Waals surface area contributed by atoms with E-state index in [1.54, 1.807) is 19.1 Å². The van der Waals surface area contributed by atoms with Gasteiger partial charge in [-0.05, 0) is 38.1 Å². The lowest BCUT2D eigenvalue weighted by Gasteiger charge is -2.06. The Kier molecular flexibility index (Phi) is 6.70. The van der Waals surface area contributed by atoms with Crippen molar-refractivity contribution in [2.45, 2.75) is 25.7 Å². The van der Waals surface area contributed by atoms with Crippen molar-refractivity contribution in [3.05, 3.63) is 29.8 Å². The summed E-state index contributed by atoms with van der Waals surface area (Å²) in [7, 11) is -4.27. The Hall–Kier alpha value is -2.42. The summed E-state index contributed by atoms with van der Waals surface area (Å²) in [6.45, 7) is 4.77. The molecule has 23 heavy (non-hydrogen) atoms. The Labute approximate surface area is 134 Å². The summed E-state index contributed by atoms with van der Waals surface area (Å²) >= 11 is 0. The van der Waals surface area contributed by atoms with E-state index in [1.807, 2.05) is 0 Å². The minimum absolute atomic E-state index is 0.0258. The summed E-state index contributed by atoms with van der Waals surface area (Å²) in [6.07, 6.45) is 0. The van der Waals surface area contributed by atoms with Crippen LogP contribution in [0.2, 0.25) is 0 Å². The minimum atomic E-state index is -4.27. The van der Waals surface area contributed by atoms with Crippen molar-refractivity contribution >= 4 is 27.8 Å². The van der Waals surface area contributed by atoms with E-state index < -0.39 is 27.8 Å². The molecule has 0 aliphatic carbocycles. The summed E-state index contributed by atoms with van der Waals surface area (Å²) in [5.74, 6) is -2.27. The molecule has 9 heteroatoms. The van der Waals surface area contributed by atoms with Gasteiger partial charge >= 0.3 is 22.1 Å². The van der Waals surface area contributed by atoms with Crippen LogP contribution in [0.15, 0.2) is 34.3 Å². The van der Waals surface area contributed by atoms with Gasteiger partial charge in [-0.25, -0.2) is 9.59 Å². The van der Waals surface area contributed by atoms with E-state index in [0.29, 0.717) is 0 Å². The maximum atomic E-state index is 12.0. The Morgan fingerprint density at radius 2 is 1.48 bits per heavy atom. The maximum Gasteiger partial charge on any atom is 0.368 e. The zero-order valence-electron chi connectivity index (χ0n) is 12.9. The molecule has 0 saturated heterocycles. The number of esters is 2. The van der Waals surface area contributed by atoms with E-state index in [2.05, 4.69) is 18.9 Å². The number of carbonyl (C=O) groups excluding carboxylic acids is 2. The number of ether oxygens (including phenoxy) is 2. The van der Waals surface area contributed by atoms with E-state index in [9.17, 15) is 18.0 Å². The second-order valence-electron chi connectivity index (χ2n) is 4.22. The molecular weight excluding hydrogens is 326 g/mol. The first-order valence-corrected chi connectivity index (χ1v) is 8.15. The van der Waals surface area contributed by atoms with Gasteiger partial charge in [0.1, 0.15) is 4.90 Å². The van der Waals surface area contributed by atoms with Crippen molar-refractivity contribution in [3.63, 3.8) is 0 Å². The Bertz CT molecular complexity index is 672. The van der Waals surface area contributed by atoms with Gasteiger partial charge in [0.05, 0.1) is 13.2 Å². The summed E-state index contributed by atoms with van der Waals surface area (Å²) in [5.41, 5.74) is -0.0319. The Morgan fingerprint density at radius 3 is 1.91 bits per heavy atom. The third-order valence-electron chi connectivity index (χ3n) is 2.47. The standard InChI is InChI=1S/C14H17NO7S/c1-4-20-13(16)12(14(17)21-5-2)15-22-23(18,19)11-8-6-10(3)7-9-11/h6-9H,4-5H2,1-3H3. The molecule has 126 valence electrons. The monoisotopic (exact) mass is 343 g/mol. The molecule has 0 heterocycles. The van der Waals surface area contributed by atoms with Crippen molar-refractivity contribution in [1.82, 2.24) is 0 Å². The quantitative estimate of drug-likeness (QED) is 0.316. The molecular formula is C14H17NO7S. The zero-order valence-corrected chi connectivity index (χ0v) is 13.8. The van der Waals surface area contributed by atoms with Gasteiger partial charge in [-0.3, -0.25) is 4.28 Å². The number of rotatable bonds is 7. The Morgan fingerprint density at radius 1 is 1.00 bits per heavy atom. The number of carbonyl (C=O) groups is 2. The lowest BCUT2D eigenvalue weighted by molar-refractivity contribution is -0.140. The van der Waals surface area contributed by atoms with E-state index >= 15 is 0 Å². The first-order chi connectivity index (χ1) is 10.8. The van der Waals surface area contributed by atoms with Crippen molar-refractivity contribution in [3.8, 4) is 0 Å². The summed E-state index contributed by atoms with van der Waals surface area (Å²) in [5, 5.41) is 3.11. The van der Waals surface area contributed by atoms with Gasteiger partial charge in [0.15, 0.2) is 0 Å². The number of nitrogens with zero attached hydrogens (tertiary/aromatic N) is 1. The number of oxime groups is 1. The summed E-state index contributed by atoms with van der Waals surface area (Å²) < 4.78 is 37.6. The average Bonchev–Trinajstić information content (AvgIpc) is 2.48. The van der Waals surface area contributed by atoms with Crippen LogP contribution in [-0.2, 0) is 33.5 Å². The number of hydrogen-bond donors (Lipinski definition) is 0. The fourth-order valence-electron chi connectivity index (χ4n) is 1.39.